The second-order valence-electron chi connectivity index (χ2n) is 8.69. The van der Waals surface area contributed by atoms with E-state index in [0.29, 0.717) is 28.4 Å². The van der Waals surface area contributed by atoms with Crippen molar-refractivity contribution < 1.29 is 14.3 Å². The van der Waals surface area contributed by atoms with Crippen LogP contribution in [0.25, 0.3) is 34.7 Å². The molecule has 0 radical (unpaired) electrons. The Balaban J connectivity index is 1.24. The molecule has 0 saturated heterocycles. The highest BCUT2D eigenvalue weighted by molar-refractivity contribution is 5.84. The first-order valence-corrected chi connectivity index (χ1v) is 12.4. The average Bonchev–Trinajstić information content (AvgIpc) is 3.42. The van der Waals surface area contributed by atoms with Gasteiger partial charge in [-0.05, 0) is 77.9 Å². The van der Waals surface area contributed by atoms with E-state index in [9.17, 15) is 20.2 Å². The van der Waals surface area contributed by atoms with E-state index in [4.69, 9.17) is 4.42 Å². The Hall–Kier alpha value is -6.03. The van der Waals surface area contributed by atoms with Crippen LogP contribution in [0.1, 0.15) is 11.1 Å². The summed E-state index contributed by atoms with van der Waals surface area (Å²) in [4.78, 5) is 34.1. The molecule has 10 nitrogen and oxygen atoms in total. The molecule has 1 heterocycles. The number of oxazole rings is 1. The molecule has 1 aromatic heterocycles. The zero-order valence-electron chi connectivity index (χ0n) is 21.4. The van der Waals surface area contributed by atoms with Crippen LogP contribution in [0.5, 0.6) is 0 Å². The molecular formula is C31H21N5O5. The highest BCUT2D eigenvalue weighted by Gasteiger charge is 2.09. The minimum absolute atomic E-state index is 0.0454. The first-order chi connectivity index (χ1) is 19.9. The monoisotopic (exact) mass is 543 g/mol. The summed E-state index contributed by atoms with van der Waals surface area (Å²) in [5, 5.41) is 21.5. The first kappa shape index (κ1) is 26.6. The summed E-state index contributed by atoms with van der Waals surface area (Å²) < 4.78 is 5.99. The maximum absolute atomic E-state index is 10.8. The Morgan fingerprint density at radius 1 is 0.683 bits per heavy atom. The van der Waals surface area contributed by atoms with Gasteiger partial charge in [0.2, 0.25) is 5.89 Å². The van der Waals surface area contributed by atoms with E-state index in [1.807, 2.05) is 42.5 Å². The molecule has 4 aromatic carbocycles. The largest absolute Gasteiger partial charge is 0.436 e. The van der Waals surface area contributed by atoms with E-state index in [1.54, 1.807) is 61.0 Å². The predicted molar refractivity (Wildman–Crippen MR) is 160 cm³/mol. The summed E-state index contributed by atoms with van der Waals surface area (Å²) >= 11 is 0. The van der Waals surface area contributed by atoms with Gasteiger partial charge in [-0.3, -0.25) is 30.2 Å². The summed E-state index contributed by atoms with van der Waals surface area (Å²) in [6, 6.07) is 25.5. The van der Waals surface area contributed by atoms with Crippen LogP contribution in [-0.2, 0) is 0 Å². The van der Waals surface area contributed by atoms with E-state index in [2.05, 4.69) is 15.0 Å². The number of hydrogen-bond acceptors (Lipinski definition) is 8. The second kappa shape index (κ2) is 12.2. The Bertz CT molecular complexity index is 1840. The molecule has 0 aliphatic carbocycles. The number of aromatic nitrogens is 1. The molecule has 5 aromatic rings. The van der Waals surface area contributed by atoms with Gasteiger partial charge < -0.3 is 4.42 Å². The zero-order chi connectivity index (χ0) is 28.6. The zero-order valence-corrected chi connectivity index (χ0v) is 21.4. The molecule has 0 saturated carbocycles. The molecule has 0 unspecified atom stereocenters. The van der Waals surface area contributed by atoms with Gasteiger partial charge in [0.15, 0.2) is 5.58 Å². The van der Waals surface area contributed by atoms with Gasteiger partial charge in [-0.25, -0.2) is 4.98 Å². The lowest BCUT2D eigenvalue weighted by molar-refractivity contribution is -0.385. The number of nitro groups is 2. The Labute approximate surface area is 233 Å². The highest BCUT2D eigenvalue weighted by Crippen LogP contribution is 2.29. The topological polar surface area (TPSA) is 137 Å². The van der Waals surface area contributed by atoms with Crippen LogP contribution < -0.4 is 0 Å². The number of nitro benzene ring substituents is 2. The van der Waals surface area contributed by atoms with Crippen molar-refractivity contribution >= 4 is 58.4 Å². The Morgan fingerprint density at radius 2 is 1.24 bits per heavy atom. The summed E-state index contributed by atoms with van der Waals surface area (Å²) in [7, 11) is 0. The van der Waals surface area contributed by atoms with Crippen LogP contribution in [0.3, 0.4) is 0 Å². The van der Waals surface area contributed by atoms with Gasteiger partial charge in [-0.2, -0.15) is 0 Å². The van der Waals surface area contributed by atoms with Crippen molar-refractivity contribution in [1.29, 1.82) is 0 Å². The van der Waals surface area contributed by atoms with Crippen molar-refractivity contribution in [2.75, 3.05) is 0 Å². The van der Waals surface area contributed by atoms with Gasteiger partial charge in [0.05, 0.1) is 21.2 Å². The Kier molecular flexibility index (Phi) is 7.92. The van der Waals surface area contributed by atoms with Crippen LogP contribution in [-0.4, -0.2) is 27.3 Å². The van der Waals surface area contributed by atoms with E-state index in [-0.39, 0.29) is 11.4 Å². The third kappa shape index (κ3) is 6.89. The number of nitrogens with zero attached hydrogens (tertiary/aromatic N) is 5. The maximum Gasteiger partial charge on any atom is 0.269 e. The normalized spacial score (nSPS) is 11.9. The highest BCUT2D eigenvalue weighted by atomic mass is 16.6. The van der Waals surface area contributed by atoms with Crippen molar-refractivity contribution in [2.45, 2.75) is 0 Å². The van der Waals surface area contributed by atoms with Crippen molar-refractivity contribution in [3.05, 3.63) is 135 Å². The predicted octanol–water partition coefficient (Wildman–Crippen LogP) is 8.14. The van der Waals surface area contributed by atoms with Crippen LogP contribution >= 0.6 is 0 Å². The fourth-order valence-corrected chi connectivity index (χ4v) is 3.82. The third-order valence-electron chi connectivity index (χ3n) is 5.87. The Morgan fingerprint density at radius 3 is 1.80 bits per heavy atom. The third-order valence-corrected chi connectivity index (χ3v) is 5.87. The number of hydrogen-bond donors (Lipinski definition) is 0. The lowest BCUT2D eigenvalue weighted by Crippen LogP contribution is -1.86. The summed E-state index contributed by atoms with van der Waals surface area (Å²) in [6.07, 6.45) is 10.4. The van der Waals surface area contributed by atoms with Crippen LogP contribution in [0, 0.1) is 20.2 Å². The standard InChI is InChI=1S/C31H21N5O5/c37-35(38)27-13-8-22(9-14-27)4-2-18-32-25-7-1-6-24(20-25)31-34-29-17-12-26(21-30(29)41-31)33-19-3-5-23-10-15-28(16-11-23)36(39)40/h1-21H/b4-2-,5-3-,32-18?,33-19?. The van der Waals surface area contributed by atoms with Gasteiger partial charge >= 0.3 is 0 Å². The molecule has 41 heavy (non-hydrogen) atoms. The summed E-state index contributed by atoms with van der Waals surface area (Å²) in [5.74, 6) is 0.456. The quantitative estimate of drug-likeness (QED) is 0.104. The number of rotatable bonds is 9. The van der Waals surface area contributed by atoms with Crippen molar-refractivity contribution in [3.63, 3.8) is 0 Å². The lowest BCUT2D eigenvalue weighted by Gasteiger charge is -1.97. The molecule has 200 valence electrons. The molecule has 0 aliphatic heterocycles. The SMILES string of the molecule is O=[N+]([O-])c1ccc(/C=C\C=Nc2cccc(-c3nc4ccc(N=C/C=C\c5ccc([N+](=O)[O-])cc5)cc4o3)c2)cc1. The van der Waals surface area contributed by atoms with Gasteiger partial charge in [0.1, 0.15) is 5.52 Å². The number of fused-ring (bicyclic) bond motifs is 1. The number of aliphatic imine (C=N–C) groups is 2. The molecule has 0 bridgehead atoms. The molecule has 0 fully saturated rings. The van der Waals surface area contributed by atoms with Crippen molar-refractivity contribution in [1.82, 2.24) is 4.98 Å². The molecular weight excluding hydrogens is 522 g/mol. The van der Waals surface area contributed by atoms with E-state index in [1.165, 1.54) is 24.3 Å². The van der Waals surface area contributed by atoms with E-state index >= 15 is 0 Å². The summed E-state index contributed by atoms with van der Waals surface area (Å²) in [5.41, 5.74) is 5.19. The number of non-ortho nitro benzene ring substituents is 2. The van der Waals surface area contributed by atoms with E-state index in [0.717, 1.165) is 16.7 Å². The smallest absolute Gasteiger partial charge is 0.269 e. The van der Waals surface area contributed by atoms with E-state index < -0.39 is 9.85 Å². The number of allylic oxidation sites excluding steroid dienone is 2. The van der Waals surface area contributed by atoms with Gasteiger partial charge in [-0.1, -0.05) is 18.2 Å². The molecule has 0 aliphatic rings. The second-order valence-corrected chi connectivity index (χ2v) is 8.69. The number of benzene rings is 4. The van der Waals surface area contributed by atoms with Crippen LogP contribution in [0.2, 0.25) is 0 Å². The fraction of sp³-hybridized carbons (Fsp3) is 0. The molecule has 10 heteroatoms. The molecule has 5 rings (SSSR count). The maximum atomic E-state index is 10.8. The van der Waals surface area contributed by atoms with Gasteiger partial charge in [-0.15, -0.1) is 0 Å². The van der Waals surface area contributed by atoms with Gasteiger partial charge in [0, 0.05) is 48.3 Å². The van der Waals surface area contributed by atoms with Crippen molar-refractivity contribution in [2.24, 2.45) is 9.98 Å². The average molecular weight is 544 g/mol. The minimum Gasteiger partial charge on any atom is -0.436 e. The summed E-state index contributed by atoms with van der Waals surface area (Å²) in [6.45, 7) is 0. The molecule has 0 N–H and O–H groups in total. The molecule has 0 amide bonds. The van der Waals surface area contributed by atoms with Crippen molar-refractivity contribution in [3.8, 4) is 11.5 Å². The minimum atomic E-state index is -0.433. The fourth-order valence-electron chi connectivity index (χ4n) is 3.82. The van der Waals surface area contributed by atoms with Crippen LogP contribution in [0.4, 0.5) is 22.7 Å². The lowest BCUT2D eigenvalue weighted by atomic mass is 10.2. The molecule has 0 atom stereocenters. The van der Waals surface area contributed by atoms with Gasteiger partial charge in [0.25, 0.3) is 11.4 Å². The molecule has 0 spiro atoms. The van der Waals surface area contributed by atoms with Crippen LogP contribution in [0.15, 0.2) is 118 Å². The first-order valence-electron chi connectivity index (χ1n) is 12.4.